The van der Waals surface area contributed by atoms with E-state index in [0.29, 0.717) is 30.0 Å². The third kappa shape index (κ3) is 3.37. The van der Waals surface area contributed by atoms with Gasteiger partial charge in [0.15, 0.2) is 0 Å². The molecule has 0 unspecified atom stereocenters. The predicted octanol–water partition coefficient (Wildman–Crippen LogP) is 2.72. The largest absolute Gasteiger partial charge is 0.360 e. The average molecular weight is 324 g/mol. The van der Waals surface area contributed by atoms with Gasteiger partial charge in [0.05, 0.1) is 12.2 Å². The van der Waals surface area contributed by atoms with E-state index < -0.39 is 0 Å². The van der Waals surface area contributed by atoms with Crippen LogP contribution in [0.3, 0.4) is 0 Å². The van der Waals surface area contributed by atoms with Crippen LogP contribution >= 0.6 is 0 Å². The zero-order valence-corrected chi connectivity index (χ0v) is 13.8. The van der Waals surface area contributed by atoms with Crippen molar-refractivity contribution in [2.45, 2.75) is 33.4 Å². The summed E-state index contributed by atoms with van der Waals surface area (Å²) in [6.07, 6.45) is 4.29. The Morgan fingerprint density at radius 2 is 2.08 bits per heavy atom. The SMILES string of the molecule is CCc1onc(C)c1C(=O)NCc1nccn1Cc1ccccc1. The van der Waals surface area contributed by atoms with Crippen LogP contribution in [0.15, 0.2) is 47.2 Å². The van der Waals surface area contributed by atoms with E-state index in [1.165, 1.54) is 5.56 Å². The van der Waals surface area contributed by atoms with Crippen molar-refractivity contribution in [3.63, 3.8) is 0 Å². The molecule has 0 spiro atoms. The smallest absolute Gasteiger partial charge is 0.257 e. The van der Waals surface area contributed by atoms with Gasteiger partial charge in [-0.05, 0) is 12.5 Å². The molecule has 0 saturated carbocycles. The summed E-state index contributed by atoms with van der Waals surface area (Å²) >= 11 is 0. The summed E-state index contributed by atoms with van der Waals surface area (Å²) in [6.45, 7) is 4.78. The first kappa shape index (κ1) is 16.0. The number of aromatic nitrogens is 3. The minimum atomic E-state index is -0.181. The quantitative estimate of drug-likeness (QED) is 0.756. The molecule has 1 aromatic carbocycles. The molecule has 124 valence electrons. The molecule has 0 aliphatic carbocycles. The number of aryl methyl sites for hydroxylation is 2. The zero-order chi connectivity index (χ0) is 16.9. The lowest BCUT2D eigenvalue weighted by molar-refractivity contribution is 0.0947. The van der Waals surface area contributed by atoms with Crippen LogP contribution in [0.2, 0.25) is 0 Å². The molecule has 6 nitrogen and oxygen atoms in total. The van der Waals surface area contributed by atoms with Crippen molar-refractivity contribution in [1.82, 2.24) is 20.0 Å². The third-order valence-electron chi connectivity index (χ3n) is 3.89. The Labute approximate surface area is 140 Å². The normalized spacial score (nSPS) is 10.8. The van der Waals surface area contributed by atoms with E-state index in [1.807, 2.05) is 35.9 Å². The van der Waals surface area contributed by atoms with Crippen LogP contribution in [0, 0.1) is 6.92 Å². The standard InChI is InChI=1S/C18H20N4O2/c1-3-15-17(13(2)21-24-15)18(23)20-11-16-19-9-10-22(16)12-14-7-5-4-6-8-14/h4-10H,3,11-12H2,1-2H3,(H,20,23). The average Bonchev–Trinajstić information content (AvgIpc) is 3.19. The van der Waals surface area contributed by atoms with Gasteiger partial charge in [-0.25, -0.2) is 4.98 Å². The topological polar surface area (TPSA) is 73.0 Å². The minimum Gasteiger partial charge on any atom is -0.360 e. The molecule has 2 aromatic heterocycles. The molecule has 2 heterocycles. The Morgan fingerprint density at radius 3 is 2.83 bits per heavy atom. The lowest BCUT2D eigenvalue weighted by Crippen LogP contribution is -2.26. The summed E-state index contributed by atoms with van der Waals surface area (Å²) in [6, 6.07) is 10.1. The van der Waals surface area contributed by atoms with E-state index >= 15 is 0 Å². The molecule has 0 aliphatic rings. The molecular formula is C18H20N4O2. The highest BCUT2D eigenvalue weighted by Crippen LogP contribution is 2.14. The van der Waals surface area contributed by atoms with Gasteiger partial charge in [0, 0.05) is 25.4 Å². The van der Waals surface area contributed by atoms with Crippen LogP contribution in [0.4, 0.5) is 0 Å². The molecule has 24 heavy (non-hydrogen) atoms. The van der Waals surface area contributed by atoms with Crippen LogP contribution in [-0.4, -0.2) is 20.6 Å². The van der Waals surface area contributed by atoms with Crippen molar-refractivity contribution in [3.8, 4) is 0 Å². The summed E-state index contributed by atoms with van der Waals surface area (Å²) in [5.74, 6) is 1.23. The Bertz CT molecular complexity index is 821. The highest BCUT2D eigenvalue weighted by atomic mass is 16.5. The van der Waals surface area contributed by atoms with Crippen LogP contribution in [0.25, 0.3) is 0 Å². The summed E-state index contributed by atoms with van der Waals surface area (Å²) in [5, 5.41) is 6.78. The number of benzene rings is 1. The molecule has 0 aliphatic heterocycles. The van der Waals surface area contributed by atoms with Crippen LogP contribution < -0.4 is 5.32 Å². The number of carbonyl (C=O) groups is 1. The monoisotopic (exact) mass is 324 g/mol. The number of rotatable bonds is 6. The molecule has 0 bridgehead atoms. The zero-order valence-electron chi connectivity index (χ0n) is 13.8. The molecule has 1 N–H and O–H groups in total. The van der Waals surface area contributed by atoms with Crippen molar-refractivity contribution in [2.75, 3.05) is 0 Å². The molecule has 3 aromatic rings. The van der Waals surface area contributed by atoms with Crippen molar-refractivity contribution in [3.05, 3.63) is 71.1 Å². The Hall–Kier alpha value is -2.89. The number of carbonyl (C=O) groups excluding carboxylic acids is 1. The van der Waals surface area contributed by atoms with Gasteiger partial charge < -0.3 is 14.4 Å². The van der Waals surface area contributed by atoms with Crippen molar-refractivity contribution < 1.29 is 9.32 Å². The fraction of sp³-hybridized carbons (Fsp3) is 0.278. The van der Waals surface area contributed by atoms with E-state index in [2.05, 4.69) is 27.6 Å². The Kier molecular flexibility index (Phi) is 4.74. The molecule has 1 amide bonds. The number of hydrogen-bond acceptors (Lipinski definition) is 4. The first-order valence-electron chi connectivity index (χ1n) is 7.96. The van der Waals surface area contributed by atoms with Crippen LogP contribution in [0.5, 0.6) is 0 Å². The Balaban J connectivity index is 1.68. The van der Waals surface area contributed by atoms with Crippen molar-refractivity contribution in [2.24, 2.45) is 0 Å². The second kappa shape index (κ2) is 7.12. The summed E-state index contributed by atoms with van der Waals surface area (Å²) in [5.41, 5.74) is 2.32. The number of hydrogen-bond donors (Lipinski definition) is 1. The summed E-state index contributed by atoms with van der Waals surface area (Å²) in [4.78, 5) is 16.8. The van der Waals surface area contributed by atoms with Crippen LogP contribution in [-0.2, 0) is 19.5 Å². The van der Waals surface area contributed by atoms with Gasteiger partial charge in [-0.3, -0.25) is 4.79 Å². The number of amides is 1. The fourth-order valence-corrected chi connectivity index (χ4v) is 2.63. The second-order valence-electron chi connectivity index (χ2n) is 5.56. The van der Waals surface area contributed by atoms with Gasteiger partial charge >= 0.3 is 0 Å². The second-order valence-corrected chi connectivity index (χ2v) is 5.56. The number of imidazole rings is 1. The van der Waals surface area contributed by atoms with E-state index in [4.69, 9.17) is 4.52 Å². The first-order chi connectivity index (χ1) is 11.7. The maximum Gasteiger partial charge on any atom is 0.257 e. The highest BCUT2D eigenvalue weighted by molar-refractivity contribution is 5.96. The number of nitrogens with zero attached hydrogens (tertiary/aromatic N) is 3. The molecule has 0 atom stereocenters. The van der Waals surface area contributed by atoms with E-state index in [0.717, 1.165) is 12.4 Å². The number of nitrogens with one attached hydrogen (secondary N) is 1. The van der Waals surface area contributed by atoms with Gasteiger partial charge in [0.2, 0.25) is 0 Å². The molecule has 0 saturated heterocycles. The summed E-state index contributed by atoms with van der Waals surface area (Å²) < 4.78 is 7.20. The lowest BCUT2D eigenvalue weighted by Gasteiger charge is -2.09. The van der Waals surface area contributed by atoms with Crippen molar-refractivity contribution in [1.29, 1.82) is 0 Å². The van der Waals surface area contributed by atoms with Gasteiger partial charge in [0.25, 0.3) is 5.91 Å². The molecule has 3 rings (SSSR count). The lowest BCUT2D eigenvalue weighted by atomic mass is 10.1. The van der Waals surface area contributed by atoms with Crippen LogP contribution in [0.1, 0.15) is 40.1 Å². The van der Waals surface area contributed by atoms with Gasteiger partial charge in [0.1, 0.15) is 17.1 Å². The maximum absolute atomic E-state index is 12.4. The molecular weight excluding hydrogens is 304 g/mol. The molecule has 6 heteroatoms. The van der Waals surface area contributed by atoms with E-state index in [1.54, 1.807) is 13.1 Å². The predicted molar refractivity (Wildman–Crippen MR) is 89.6 cm³/mol. The molecule has 0 fully saturated rings. The molecule has 0 radical (unpaired) electrons. The van der Waals surface area contributed by atoms with E-state index in [9.17, 15) is 4.79 Å². The fourth-order valence-electron chi connectivity index (χ4n) is 2.63. The maximum atomic E-state index is 12.4. The minimum absolute atomic E-state index is 0.181. The summed E-state index contributed by atoms with van der Waals surface area (Å²) in [7, 11) is 0. The van der Waals surface area contributed by atoms with Gasteiger partial charge in [-0.2, -0.15) is 0 Å². The van der Waals surface area contributed by atoms with Crippen molar-refractivity contribution >= 4 is 5.91 Å². The van der Waals surface area contributed by atoms with Gasteiger partial charge in [-0.1, -0.05) is 42.4 Å². The third-order valence-corrected chi connectivity index (χ3v) is 3.89. The highest BCUT2D eigenvalue weighted by Gasteiger charge is 2.19. The first-order valence-corrected chi connectivity index (χ1v) is 7.96. The Morgan fingerprint density at radius 1 is 1.29 bits per heavy atom. The van der Waals surface area contributed by atoms with E-state index in [-0.39, 0.29) is 5.91 Å². The van der Waals surface area contributed by atoms with Gasteiger partial charge in [-0.15, -0.1) is 0 Å².